The molecule has 0 spiro atoms. The number of nitrogens with zero attached hydrogens (tertiary/aromatic N) is 3. The maximum Gasteiger partial charge on any atom is 0.253 e. The van der Waals surface area contributed by atoms with Gasteiger partial charge in [0.2, 0.25) is 0 Å². The summed E-state index contributed by atoms with van der Waals surface area (Å²) in [6, 6.07) is 8.88. The number of morpholine rings is 1. The third kappa shape index (κ3) is 8.76. The number of hydrogen-bond acceptors (Lipinski definition) is 8. The van der Waals surface area contributed by atoms with Crippen molar-refractivity contribution in [1.82, 2.24) is 15.2 Å². The smallest absolute Gasteiger partial charge is 0.253 e. The van der Waals surface area contributed by atoms with Crippen LogP contribution in [0, 0.1) is 0 Å². The number of halogens is 2. The van der Waals surface area contributed by atoms with Crippen LogP contribution in [-0.2, 0) is 4.74 Å². The molecule has 2 saturated heterocycles. The molecule has 0 radical (unpaired) electrons. The summed E-state index contributed by atoms with van der Waals surface area (Å²) in [5, 5.41) is 14.2. The largest absolute Gasteiger partial charge is 0.366 e. The van der Waals surface area contributed by atoms with Gasteiger partial charge in [0, 0.05) is 43.2 Å². The van der Waals surface area contributed by atoms with E-state index in [1.54, 1.807) is 37.1 Å². The molecule has 1 aromatic heterocycles. The van der Waals surface area contributed by atoms with Gasteiger partial charge >= 0.3 is 0 Å². The van der Waals surface area contributed by atoms with Crippen molar-refractivity contribution in [2.24, 2.45) is 10.7 Å². The van der Waals surface area contributed by atoms with Gasteiger partial charge in [-0.05, 0) is 63.0 Å². The monoisotopic (exact) mass is 538 g/mol. The van der Waals surface area contributed by atoms with Gasteiger partial charge in [-0.2, -0.15) is 0 Å². The molecule has 3 heterocycles. The minimum absolute atomic E-state index is 0.00427. The molecule has 2 aliphatic rings. The zero-order chi connectivity index (χ0) is 27.2. The number of aromatic nitrogens is 1. The van der Waals surface area contributed by atoms with Crippen LogP contribution < -0.4 is 21.7 Å². The molecule has 204 valence electrons. The average molecular weight is 539 g/mol. The number of benzene rings is 1. The molecule has 12 heteroatoms. The Morgan fingerprint density at radius 1 is 1.32 bits per heavy atom. The van der Waals surface area contributed by atoms with Crippen LogP contribution in [0.5, 0.6) is 0 Å². The Bertz CT molecular complexity index is 969. The van der Waals surface area contributed by atoms with Gasteiger partial charge in [0.15, 0.2) is 12.7 Å². The van der Waals surface area contributed by atoms with E-state index in [4.69, 9.17) is 9.84 Å². The van der Waals surface area contributed by atoms with E-state index in [0.29, 0.717) is 42.9 Å². The fraction of sp³-hybridized carbons (Fsp3) is 0.480. The van der Waals surface area contributed by atoms with E-state index < -0.39 is 15.1 Å². The number of alkyl halides is 1. The molecule has 0 bridgehead atoms. The minimum atomic E-state index is -1.65. The van der Waals surface area contributed by atoms with Crippen molar-refractivity contribution >= 4 is 37.7 Å². The van der Waals surface area contributed by atoms with E-state index in [-0.39, 0.29) is 18.1 Å². The molecule has 0 saturated carbocycles. The number of pyridine rings is 1. The first-order chi connectivity index (χ1) is 18.0. The van der Waals surface area contributed by atoms with Crippen molar-refractivity contribution in [3.63, 3.8) is 0 Å². The summed E-state index contributed by atoms with van der Waals surface area (Å²) in [4.78, 5) is 23.5. The second kappa shape index (κ2) is 16.3. The molecule has 5 N–H and O–H groups in total. The zero-order valence-corrected chi connectivity index (χ0v) is 22.3. The van der Waals surface area contributed by atoms with E-state index in [9.17, 15) is 13.4 Å². The number of amides is 1. The van der Waals surface area contributed by atoms with Gasteiger partial charge in [0.05, 0.1) is 6.61 Å². The Balaban J connectivity index is 0.000000898. The number of hydrogen-bond donors (Lipinski definition) is 4. The van der Waals surface area contributed by atoms with Crippen molar-refractivity contribution in [1.29, 1.82) is 0 Å². The van der Waals surface area contributed by atoms with Gasteiger partial charge in [0.25, 0.3) is 5.91 Å². The Kier molecular flexibility index (Phi) is 13.5. The predicted molar refractivity (Wildman–Crippen MR) is 146 cm³/mol. The van der Waals surface area contributed by atoms with Crippen LogP contribution in [0.15, 0.2) is 41.5 Å². The Morgan fingerprint density at radius 2 is 1.97 bits per heavy atom. The van der Waals surface area contributed by atoms with Crippen LogP contribution in [0.3, 0.4) is 0 Å². The number of anilines is 1. The Hall–Kier alpha value is -2.56. The molecule has 9 nitrogen and oxygen atoms in total. The summed E-state index contributed by atoms with van der Waals surface area (Å²) in [7, 11) is -0.148. The number of likely N-dealkylation sites (tertiary alicyclic amines) is 1. The van der Waals surface area contributed by atoms with Crippen molar-refractivity contribution in [2.75, 3.05) is 58.7 Å². The highest BCUT2D eigenvalue weighted by molar-refractivity contribution is 7.59. The highest BCUT2D eigenvalue weighted by Gasteiger charge is 2.27. The molecule has 2 aromatic rings. The first-order valence-corrected chi connectivity index (χ1v) is 13.7. The number of aliphatic hydroxyl groups excluding tert-OH is 1. The van der Waals surface area contributed by atoms with E-state index in [0.717, 1.165) is 30.6 Å². The minimum Gasteiger partial charge on any atom is -0.366 e. The third-order valence-corrected chi connectivity index (χ3v) is 7.04. The number of ether oxygens (including phenoxy) is 1. The van der Waals surface area contributed by atoms with Crippen molar-refractivity contribution in [2.45, 2.75) is 25.0 Å². The van der Waals surface area contributed by atoms with Crippen molar-refractivity contribution < 1.29 is 23.2 Å². The second-order valence-electron chi connectivity index (χ2n) is 8.17. The lowest BCUT2D eigenvalue weighted by atomic mass is 9.88. The molecule has 1 aromatic carbocycles. The highest BCUT2D eigenvalue weighted by atomic mass is 31.2. The molecule has 2 aliphatic heterocycles. The van der Waals surface area contributed by atoms with Gasteiger partial charge in [-0.15, -0.1) is 0 Å². The third-order valence-electron chi connectivity index (χ3n) is 6.03. The summed E-state index contributed by atoms with van der Waals surface area (Å²) in [5.41, 5.74) is 6.95. The molecular formula is C25H37F2N6O3P. The SMILES string of the molecule is C=Nc1c(C2CCN(C(=O)c3ccc(P(C)F)cc3)CC2)ccnc1NC1CNCCO1.CN.OCF. The normalized spacial score (nSPS) is 18.4. The van der Waals surface area contributed by atoms with Crippen LogP contribution in [0.2, 0.25) is 0 Å². The van der Waals surface area contributed by atoms with Crippen LogP contribution in [-0.4, -0.2) is 87.2 Å². The summed E-state index contributed by atoms with van der Waals surface area (Å²) in [5.74, 6) is 0.940. The predicted octanol–water partition coefficient (Wildman–Crippen LogP) is 2.89. The number of nitrogens with two attached hydrogens (primary N) is 1. The van der Waals surface area contributed by atoms with E-state index in [1.807, 2.05) is 11.0 Å². The van der Waals surface area contributed by atoms with Gasteiger partial charge in [0.1, 0.15) is 20.1 Å². The molecular weight excluding hydrogens is 501 g/mol. The van der Waals surface area contributed by atoms with Gasteiger partial charge in [-0.25, -0.2) is 13.6 Å². The average Bonchev–Trinajstić information content (AvgIpc) is 2.95. The van der Waals surface area contributed by atoms with Crippen LogP contribution >= 0.6 is 8.23 Å². The molecule has 0 aliphatic carbocycles. The first kappa shape index (κ1) is 30.7. The zero-order valence-electron chi connectivity index (χ0n) is 21.4. The number of aliphatic hydroxyl groups is 1. The van der Waals surface area contributed by atoms with E-state index in [2.05, 4.69) is 33.1 Å². The Morgan fingerprint density at radius 3 is 2.51 bits per heavy atom. The second-order valence-corrected chi connectivity index (χ2v) is 9.64. The number of rotatable bonds is 6. The molecule has 4 rings (SSSR count). The number of carbonyl (C=O) groups excluding carboxylic acids is 1. The lowest BCUT2D eigenvalue weighted by Crippen LogP contribution is -2.43. The van der Waals surface area contributed by atoms with Crippen molar-refractivity contribution in [3.8, 4) is 0 Å². The molecule has 2 unspecified atom stereocenters. The fourth-order valence-electron chi connectivity index (χ4n) is 4.27. The molecule has 1 amide bonds. The number of piperidine rings is 1. The summed E-state index contributed by atoms with van der Waals surface area (Å²) in [6.07, 6.45) is 3.30. The standard InChI is InChI=1S/C23H29FN5O2P.CH3FO.CH5N/c1-25-21-19(7-10-27-22(21)28-20-15-26-11-14-31-20)16-8-12-29(13-9-16)23(30)17-3-5-18(6-4-17)32(2)24;2-1-3;1-2/h3-7,10,16,20,26H,1,8-9,11-15H2,2H3,(H,27,28);3H,1H2;2H2,1H3. The van der Waals surface area contributed by atoms with Crippen LogP contribution in [0.4, 0.5) is 20.1 Å². The number of carbonyl (C=O) groups is 1. The molecule has 2 atom stereocenters. The quantitative estimate of drug-likeness (QED) is 0.329. The van der Waals surface area contributed by atoms with Crippen molar-refractivity contribution in [3.05, 3.63) is 47.7 Å². The number of nitrogens with one attached hydrogen (secondary N) is 2. The lowest BCUT2D eigenvalue weighted by molar-refractivity contribution is 0.0466. The summed E-state index contributed by atoms with van der Waals surface area (Å²) >= 11 is 0. The summed E-state index contributed by atoms with van der Waals surface area (Å²) in [6.45, 7) is 7.59. The van der Waals surface area contributed by atoms with Gasteiger partial charge < -0.3 is 31.1 Å². The van der Waals surface area contributed by atoms with Gasteiger partial charge in [-0.3, -0.25) is 9.79 Å². The molecule has 2 fully saturated rings. The van der Waals surface area contributed by atoms with Crippen LogP contribution in [0.25, 0.3) is 0 Å². The fourth-order valence-corrected chi connectivity index (χ4v) is 4.83. The van der Waals surface area contributed by atoms with E-state index >= 15 is 0 Å². The Labute approximate surface area is 218 Å². The topological polar surface area (TPSA) is 125 Å². The maximum absolute atomic E-state index is 13.5. The van der Waals surface area contributed by atoms with Gasteiger partial charge in [-0.1, -0.05) is 12.1 Å². The first-order valence-electron chi connectivity index (χ1n) is 12.1. The van der Waals surface area contributed by atoms with Crippen LogP contribution in [0.1, 0.15) is 34.7 Å². The summed E-state index contributed by atoms with van der Waals surface area (Å²) < 4.78 is 29.1. The number of aliphatic imine (C=N–C) groups is 1. The van der Waals surface area contributed by atoms with E-state index in [1.165, 1.54) is 7.05 Å². The molecule has 37 heavy (non-hydrogen) atoms. The maximum atomic E-state index is 13.5. The highest BCUT2D eigenvalue weighted by Crippen LogP contribution is 2.38. The lowest BCUT2D eigenvalue weighted by Gasteiger charge is -2.33.